The molecule has 0 amide bonds. The smallest absolute Gasteiger partial charge is 0.230 e. The van der Waals surface area contributed by atoms with Gasteiger partial charge in [0.2, 0.25) is 11.8 Å². The molecule has 0 bridgehead atoms. The largest absolute Gasteiger partial charge is 0.424 e. The Labute approximate surface area is 148 Å². The van der Waals surface area contributed by atoms with Gasteiger partial charge in [-0.1, -0.05) is 60.7 Å². The van der Waals surface area contributed by atoms with E-state index in [1.165, 1.54) is 24.0 Å². The Balaban J connectivity index is 1.43. The molecule has 0 radical (unpaired) electrons. The van der Waals surface area contributed by atoms with Crippen molar-refractivity contribution in [2.24, 2.45) is 0 Å². The van der Waals surface area contributed by atoms with Gasteiger partial charge in [0.05, 0.1) is 6.54 Å². The molecular weight excluding hydrogens is 310 g/mol. The van der Waals surface area contributed by atoms with E-state index in [4.69, 9.17) is 4.42 Å². The second-order valence-electron chi connectivity index (χ2n) is 6.74. The maximum atomic E-state index is 5.86. The molecule has 1 fully saturated rings. The van der Waals surface area contributed by atoms with Crippen molar-refractivity contribution in [3.05, 3.63) is 83.6 Å². The monoisotopic (exact) mass is 333 g/mol. The number of hydrogen-bond acceptors (Lipinski definition) is 4. The summed E-state index contributed by atoms with van der Waals surface area (Å²) in [6.45, 7) is 2.54. The molecule has 0 spiro atoms. The molecule has 1 aliphatic rings. The van der Waals surface area contributed by atoms with Crippen molar-refractivity contribution < 1.29 is 4.42 Å². The van der Waals surface area contributed by atoms with Crippen LogP contribution in [0, 0.1) is 0 Å². The summed E-state index contributed by atoms with van der Waals surface area (Å²) >= 11 is 0. The first-order valence-electron chi connectivity index (χ1n) is 8.99. The van der Waals surface area contributed by atoms with E-state index in [0.717, 1.165) is 31.3 Å². The third-order valence-electron chi connectivity index (χ3n) is 4.58. The molecule has 2 aromatic carbocycles. The fourth-order valence-corrected chi connectivity index (χ4v) is 3.00. The zero-order valence-electron chi connectivity index (χ0n) is 14.3. The predicted octanol–water partition coefficient (Wildman–Crippen LogP) is 4.19. The molecule has 1 saturated carbocycles. The van der Waals surface area contributed by atoms with Crippen LogP contribution in [0.2, 0.25) is 0 Å². The second-order valence-corrected chi connectivity index (χ2v) is 6.74. The van der Waals surface area contributed by atoms with Crippen molar-refractivity contribution >= 4 is 0 Å². The van der Waals surface area contributed by atoms with Crippen LogP contribution in [0.4, 0.5) is 0 Å². The minimum atomic E-state index is 0.508. The van der Waals surface area contributed by atoms with Crippen molar-refractivity contribution in [3.63, 3.8) is 0 Å². The predicted molar refractivity (Wildman–Crippen MR) is 97.0 cm³/mol. The van der Waals surface area contributed by atoms with E-state index in [0.29, 0.717) is 12.5 Å². The van der Waals surface area contributed by atoms with Crippen LogP contribution in [0.5, 0.6) is 0 Å². The maximum absolute atomic E-state index is 5.86. The van der Waals surface area contributed by atoms with E-state index in [2.05, 4.69) is 75.8 Å². The van der Waals surface area contributed by atoms with Gasteiger partial charge in [0.1, 0.15) is 0 Å². The van der Waals surface area contributed by atoms with Gasteiger partial charge in [-0.05, 0) is 30.4 Å². The van der Waals surface area contributed by atoms with Crippen molar-refractivity contribution in [2.75, 3.05) is 6.54 Å². The first-order valence-corrected chi connectivity index (χ1v) is 8.99. The molecule has 128 valence electrons. The van der Waals surface area contributed by atoms with Crippen molar-refractivity contribution in [3.8, 4) is 0 Å². The third kappa shape index (κ3) is 4.54. The van der Waals surface area contributed by atoms with E-state index in [1.54, 1.807) is 0 Å². The molecule has 4 rings (SSSR count). The minimum absolute atomic E-state index is 0.508. The molecule has 3 aromatic rings. The van der Waals surface area contributed by atoms with E-state index in [-0.39, 0.29) is 0 Å². The van der Waals surface area contributed by atoms with Crippen LogP contribution in [0.15, 0.2) is 65.1 Å². The fraction of sp³-hybridized carbons (Fsp3) is 0.333. The van der Waals surface area contributed by atoms with Crippen LogP contribution in [0.1, 0.15) is 41.7 Å². The molecule has 0 N–H and O–H groups in total. The summed E-state index contributed by atoms with van der Waals surface area (Å²) in [6, 6.07) is 21.2. The Kier molecular flexibility index (Phi) is 4.89. The van der Waals surface area contributed by atoms with Gasteiger partial charge in [0.25, 0.3) is 0 Å². The Morgan fingerprint density at radius 3 is 2.20 bits per heavy atom. The number of nitrogens with zero attached hydrogens (tertiary/aromatic N) is 3. The molecule has 0 unspecified atom stereocenters. The second kappa shape index (κ2) is 7.62. The lowest BCUT2D eigenvalue weighted by Gasteiger charge is -2.20. The zero-order valence-corrected chi connectivity index (χ0v) is 14.3. The standard InChI is InChI=1S/C21H23N3O/c1-3-7-17(8-4-1)13-14-24(15-18-9-5-2-6-10-18)16-20-22-23-21(25-20)19-11-12-19/h1-10,19H,11-16H2. The molecular formula is C21H23N3O. The van der Waals surface area contributed by atoms with Gasteiger partial charge in [-0.25, -0.2) is 0 Å². The molecule has 4 heteroatoms. The Hall–Kier alpha value is -2.46. The highest BCUT2D eigenvalue weighted by atomic mass is 16.4. The Morgan fingerprint density at radius 2 is 1.52 bits per heavy atom. The van der Waals surface area contributed by atoms with Gasteiger partial charge in [-0.15, -0.1) is 10.2 Å². The summed E-state index contributed by atoms with van der Waals surface area (Å²) in [4.78, 5) is 2.38. The summed E-state index contributed by atoms with van der Waals surface area (Å²) in [6.07, 6.45) is 3.38. The van der Waals surface area contributed by atoms with Gasteiger partial charge < -0.3 is 4.42 Å². The summed E-state index contributed by atoms with van der Waals surface area (Å²) in [5.74, 6) is 2.05. The summed E-state index contributed by atoms with van der Waals surface area (Å²) in [7, 11) is 0. The van der Waals surface area contributed by atoms with Crippen LogP contribution >= 0.6 is 0 Å². The topological polar surface area (TPSA) is 42.2 Å². The average molecular weight is 333 g/mol. The Bertz CT molecular complexity index is 781. The lowest BCUT2D eigenvalue weighted by atomic mass is 10.1. The SMILES string of the molecule is c1ccc(CCN(Cc2ccccc2)Cc2nnc(C3CC3)o2)cc1. The molecule has 4 nitrogen and oxygen atoms in total. The molecule has 1 aliphatic carbocycles. The highest BCUT2D eigenvalue weighted by Gasteiger charge is 2.29. The number of rotatable bonds is 8. The highest BCUT2D eigenvalue weighted by molar-refractivity contribution is 5.16. The van der Waals surface area contributed by atoms with E-state index in [9.17, 15) is 0 Å². The van der Waals surface area contributed by atoms with Gasteiger partial charge >= 0.3 is 0 Å². The Morgan fingerprint density at radius 1 is 0.840 bits per heavy atom. The highest BCUT2D eigenvalue weighted by Crippen LogP contribution is 2.39. The number of benzene rings is 2. The third-order valence-corrected chi connectivity index (χ3v) is 4.58. The number of hydrogen-bond donors (Lipinski definition) is 0. The van der Waals surface area contributed by atoms with Crippen LogP contribution in [0.3, 0.4) is 0 Å². The van der Waals surface area contributed by atoms with Gasteiger partial charge in [-0.2, -0.15) is 0 Å². The van der Waals surface area contributed by atoms with E-state index in [1.807, 2.05) is 0 Å². The molecule has 0 atom stereocenters. The average Bonchev–Trinajstić information content (AvgIpc) is 3.41. The van der Waals surface area contributed by atoms with E-state index < -0.39 is 0 Å². The molecule has 0 aliphatic heterocycles. The maximum Gasteiger partial charge on any atom is 0.230 e. The minimum Gasteiger partial charge on any atom is -0.424 e. The zero-order chi connectivity index (χ0) is 16.9. The van der Waals surface area contributed by atoms with Crippen LogP contribution in [0.25, 0.3) is 0 Å². The van der Waals surface area contributed by atoms with Crippen molar-refractivity contribution in [1.29, 1.82) is 0 Å². The van der Waals surface area contributed by atoms with Crippen LogP contribution < -0.4 is 0 Å². The first kappa shape index (κ1) is 16.0. The fourth-order valence-electron chi connectivity index (χ4n) is 3.00. The normalized spacial score (nSPS) is 14.1. The lowest BCUT2D eigenvalue weighted by Crippen LogP contribution is -2.25. The quantitative estimate of drug-likeness (QED) is 0.620. The number of aromatic nitrogens is 2. The molecule has 1 heterocycles. The van der Waals surface area contributed by atoms with Crippen LogP contribution in [-0.2, 0) is 19.5 Å². The van der Waals surface area contributed by atoms with Crippen LogP contribution in [-0.4, -0.2) is 21.6 Å². The summed E-state index contributed by atoms with van der Waals surface area (Å²) < 4.78 is 5.86. The first-order chi connectivity index (χ1) is 12.4. The van der Waals surface area contributed by atoms with Crippen molar-refractivity contribution in [2.45, 2.75) is 38.3 Å². The van der Waals surface area contributed by atoms with Gasteiger partial charge in [-0.3, -0.25) is 4.90 Å². The molecule has 0 saturated heterocycles. The van der Waals surface area contributed by atoms with E-state index >= 15 is 0 Å². The van der Waals surface area contributed by atoms with Gasteiger partial charge in [0.15, 0.2) is 0 Å². The lowest BCUT2D eigenvalue weighted by molar-refractivity contribution is 0.231. The molecule has 1 aromatic heterocycles. The summed E-state index contributed by atoms with van der Waals surface area (Å²) in [5, 5.41) is 8.47. The van der Waals surface area contributed by atoms with Crippen molar-refractivity contribution in [1.82, 2.24) is 15.1 Å². The summed E-state index contributed by atoms with van der Waals surface area (Å²) in [5.41, 5.74) is 2.65. The van der Waals surface area contributed by atoms with Gasteiger partial charge in [0, 0.05) is 19.0 Å². The molecule has 25 heavy (non-hydrogen) atoms.